The van der Waals surface area contributed by atoms with Gasteiger partial charge in [-0.15, -0.1) is 0 Å². The van der Waals surface area contributed by atoms with E-state index < -0.39 is 0 Å². The highest BCUT2D eigenvalue weighted by Crippen LogP contribution is 2.10. The zero-order valence-corrected chi connectivity index (χ0v) is 14.9. The van der Waals surface area contributed by atoms with Crippen molar-refractivity contribution in [3.05, 3.63) is 0 Å². The molecule has 0 bridgehead atoms. The molecule has 1 amide bonds. The van der Waals surface area contributed by atoms with E-state index in [9.17, 15) is 9.90 Å². The molecule has 6 heteroatoms. The summed E-state index contributed by atoms with van der Waals surface area (Å²) >= 11 is 0. The van der Waals surface area contributed by atoms with Gasteiger partial charge in [-0.1, -0.05) is 12.8 Å². The molecular weight excluding hydrogens is 292 g/mol. The Hall–Kier alpha value is -0.690. The van der Waals surface area contributed by atoms with Gasteiger partial charge < -0.3 is 14.9 Å². The first-order valence-electron chi connectivity index (χ1n) is 9.10. The van der Waals surface area contributed by atoms with Crippen molar-refractivity contribution < 1.29 is 9.90 Å². The summed E-state index contributed by atoms with van der Waals surface area (Å²) in [6.07, 6.45) is 4.34. The number of nitrogens with zero attached hydrogens (tertiary/aromatic N) is 4. The average Bonchev–Trinajstić information content (AvgIpc) is 2.78. The van der Waals surface area contributed by atoms with E-state index in [0.29, 0.717) is 19.6 Å². The van der Waals surface area contributed by atoms with Gasteiger partial charge in [0.15, 0.2) is 0 Å². The van der Waals surface area contributed by atoms with Crippen molar-refractivity contribution in [2.24, 2.45) is 0 Å². The fraction of sp³-hybridized carbons (Fsp3) is 0.941. The Kier molecular flexibility index (Phi) is 7.76. The number of rotatable bonds is 6. The molecule has 23 heavy (non-hydrogen) atoms. The van der Waals surface area contributed by atoms with Crippen LogP contribution in [0, 0.1) is 0 Å². The highest BCUT2D eigenvalue weighted by atomic mass is 16.3. The maximum absolute atomic E-state index is 12.4. The predicted molar refractivity (Wildman–Crippen MR) is 92.5 cm³/mol. The number of β-amino-alcohol motifs (C(OH)–C–C–N with tert-alkyl or cyclic N) is 1. The third-order valence-corrected chi connectivity index (χ3v) is 4.95. The molecule has 0 spiro atoms. The topological polar surface area (TPSA) is 50.3 Å². The van der Waals surface area contributed by atoms with Gasteiger partial charge in [0, 0.05) is 52.4 Å². The second-order valence-electron chi connectivity index (χ2n) is 7.25. The first-order valence-corrected chi connectivity index (χ1v) is 9.10. The monoisotopic (exact) mass is 326 g/mol. The molecule has 2 heterocycles. The summed E-state index contributed by atoms with van der Waals surface area (Å²) in [4.78, 5) is 20.9. The lowest BCUT2D eigenvalue weighted by Gasteiger charge is -2.34. The van der Waals surface area contributed by atoms with Crippen LogP contribution in [-0.4, -0.2) is 110 Å². The standard InChI is InChI=1S/C17H34N4O2/c1-18-9-11-20(12-10-18)14-16(22)13-19(2)15-17(23)21-7-5-3-4-6-8-21/h16,22H,3-15H2,1-2H3/t16-/m1/s1. The van der Waals surface area contributed by atoms with Gasteiger partial charge in [0.1, 0.15) is 0 Å². The summed E-state index contributed by atoms with van der Waals surface area (Å²) < 4.78 is 0. The summed E-state index contributed by atoms with van der Waals surface area (Å²) in [5.41, 5.74) is 0. The fourth-order valence-corrected chi connectivity index (χ4v) is 3.46. The van der Waals surface area contributed by atoms with Crippen LogP contribution in [0.5, 0.6) is 0 Å². The zero-order valence-electron chi connectivity index (χ0n) is 14.9. The second-order valence-corrected chi connectivity index (χ2v) is 7.25. The molecule has 1 atom stereocenters. The maximum Gasteiger partial charge on any atom is 0.236 e. The minimum Gasteiger partial charge on any atom is -0.390 e. The number of aliphatic hydroxyl groups excluding tert-OH is 1. The third kappa shape index (κ3) is 6.75. The van der Waals surface area contributed by atoms with Gasteiger partial charge in [-0.2, -0.15) is 0 Å². The van der Waals surface area contributed by atoms with Crippen LogP contribution < -0.4 is 0 Å². The van der Waals surface area contributed by atoms with Crippen LogP contribution in [0.25, 0.3) is 0 Å². The minimum absolute atomic E-state index is 0.209. The number of hydrogen-bond donors (Lipinski definition) is 1. The first-order chi connectivity index (χ1) is 11.0. The van der Waals surface area contributed by atoms with Gasteiger partial charge in [-0.25, -0.2) is 0 Å². The lowest BCUT2D eigenvalue weighted by molar-refractivity contribution is -0.132. The second kappa shape index (κ2) is 9.57. The molecule has 2 aliphatic heterocycles. The number of likely N-dealkylation sites (tertiary alicyclic amines) is 1. The number of aliphatic hydroxyl groups is 1. The summed E-state index contributed by atoms with van der Waals surface area (Å²) in [6, 6.07) is 0. The molecule has 0 aromatic heterocycles. The van der Waals surface area contributed by atoms with Gasteiger partial charge in [-0.05, 0) is 26.9 Å². The Labute approximate surface area is 141 Å². The largest absolute Gasteiger partial charge is 0.390 e. The lowest BCUT2D eigenvalue weighted by atomic mass is 10.2. The van der Waals surface area contributed by atoms with Crippen LogP contribution in [0.15, 0.2) is 0 Å². The smallest absolute Gasteiger partial charge is 0.236 e. The molecule has 0 radical (unpaired) electrons. The van der Waals surface area contributed by atoms with Crippen molar-refractivity contribution in [1.29, 1.82) is 0 Å². The number of carbonyl (C=O) groups excluding carboxylic acids is 1. The number of amides is 1. The Bertz CT molecular complexity index is 351. The molecule has 0 unspecified atom stereocenters. The molecule has 2 aliphatic rings. The van der Waals surface area contributed by atoms with E-state index in [4.69, 9.17) is 0 Å². The summed E-state index contributed by atoms with van der Waals surface area (Å²) in [5.74, 6) is 0.209. The van der Waals surface area contributed by atoms with Crippen LogP contribution in [0.4, 0.5) is 0 Å². The van der Waals surface area contributed by atoms with E-state index in [1.807, 2.05) is 16.8 Å². The Morgan fingerprint density at radius 3 is 2.26 bits per heavy atom. The van der Waals surface area contributed by atoms with Crippen LogP contribution in [-0.2, 0) is 4.79 Å². The van der Waals surface area contributed by atoms with Gasteiger partial charge >= 0.3 is 0 Å². The van der Waals surface area contributed by atoms with Crippen molar-refractivity contribution in [2.75, 3.05) is 73.0 Å². The SMILES string of the molecule is CN1CCN(C[C@H](O)CN(C)CC(=O)N2CCCCCC2)CC1. The molecule has 2 fully saturated rings. The van der Waals surface area contributed by atoms with Crippen molar-refractivity contribution >= 4 is 5.91 Å². The van der Waals surface area contributed by atoms with E-state index in [2.05, 4.69) is 16.8 Å². The van der Waals surface area contributed by atoms with Crippen LogP contribution >= 0.6 is 0 Å². The fourth-order valence-electron chi connectivity index (χ4n) is 3.46. The number of piperazine rings is 1. The lowest BCUT2D eigenvalue weighted by Crippen LogP contribution is -2.49. The first kappa shape index (κ1) is 18.6. The predicted octanol–water partition coefficient (Wildman–Crippen LogP) is -0.0709. The van der Waals surface area contributed by atoms with Crippen molar-refractivity contribution in [2.45, 2.75) is 31.8 Å². The van der Waals surface area contributed by atoms with Crippen molar-refractivity contribution in [1.82, 2.24) is 19.6 Å². The zero-order chi connectivity index (χ0) is 16.7. The maximum atomic E-state index is 12.4. The molecular formula is C17H34N4O2. The summed E-state index contributed by atoms with van der Waals surface area (Å²) in [5, 5.41) is 10.3. The molecule has 0 aromatic rings. The average molecular weight is 326 g/mol. The van der Waals surface area contributed by atoms with Gasteiger partial charge in [0.05, 0.1) is 12.6 Å². The van der Waals surface area contributed by atoms with E-state index in [1.54, 1.807) is 0 Å². The van der Waals surface area contributed by atoms with E-state index >= 15 is 0 Å². The van der Waals surface area contributed by atoms with E-state index in [0.717, 1.165) is 52.1 Å². The van der Waals surface area contributed by atoms with Gasteiger partial charge in [0.2, 0.25) is 5.91 Å². The molecule has 6 nitrogen and oxygen atoms in total. The Morgan fingerprint density at radius 1 is 1.04 bits per heavy atom. The molecule has 2 saturated heterocycles. The molecule has 1 N–H and O–H groups in total. The van der Waals surface area contributed by atoms with Crippen LogP contribution in [0.3, 0.4) is 0 Å². The molecule has 2 rings (SSSR count). The molecule has 0 saturated carbocycles. The van der Waals surface area contributed by atoms with Crippen LogP contribution in [0.2, 0.25) is 0 Å². The third-order valence-electron chi connectivity index (χ3n) is 4.95. The molecule has 0 aromatic carbocycles. The Balaban J connectivity index is 1.66. The van der Waals surface area contributed by atoms with E-state index in [-0.39, 0.29) is 12.0 Å². The normalized spacial score (nSPS) is 23.0. The van der Waals surface area contributed by atoms with Crippen molar-refractivity contribution in [3.8, 4) is 0 Å². The number of carbonyl (C=O) groups is 1. The van der Waals surface area contributed by atoms with Gasteiger partial charge in [-0.3, -0.25) is 14.6 Å². The summed E-state index contributed by atoms with van der Waals surface area (Å²) in [6.45, 7) is 7.65. The highest BCUT2D eigenvalue weighted by molar-refractivity contribution is 5.78. The van der Waals surface area contributed by atoms with E-state index in [1.165, 1.54) is 12.8 Å². The molecule has 0 aliphatic carbocycles. The van der Waals surface area contributed by atoms with Gasteiger partial charge in [0.25, 0.3) is 0 Å². The quantitative estimate of drug-likeness (QED) is 0.740. The molecule has 134 valence electrons. The highest BCUT2D eigenvalue weighted by Gasteiger charge is 2.20. The number of likely N-dealkylation sites (N-methyl/N-ethyl adjacent to an activating group) is 2. The number of hydrogen-bond acceptors (Lipinski definition) is 5. The van der Waals surface area contributed by atoms with Crippen molar-refractivity contribution in [3.63, 3.8) is 0 Å². The Morgan fingerprint density at radius 2 is 1.65 bits per heavy atom. The minimum atomic E-state index is -0.389. The van der Waals surface area contributed by atoms with Crippen LogP contribution in [0.1, 0.15) is 25.7 Å². The summed E-state index contributed by atoms with van der Waals surface area (Å²) in [7, 11) is 4.07.